The molecule has 0 heterocycles. The molecule has 9 heteroatoms. The van der Waals surface area contributed by atoms with Crippen molar-refractivity contribution in [3.05, 3.63) is 0 Å². The second kappa shape index (κ2) is 11.4. The van der Waals surface area contributed by atoms with Crippen molar-refractivity contribution in [1.29, 1.82) is 0 Å². The second-order valence-corrected chi connectivity index (χ2v) is 5.76. The molecule has 0 aromatic rings. The Balaban J connectivity index is 5.61. The zero-order valence-corrected chi connectivity index (χ0v) is 14.9. The molecule has 2 atom stereocenters. The number of carbonyl (C=O) groups excluding carboxylic acids is 3. The molecule has 0 unspecified atom stereocenters. The highest BCUT2D eigenvalue weighted by atomic mass is 32.2. The Morgan fingerprint density at radius 1 is 1.05 bits per heavy atom. The summed E-state index contributed by atoms with van der Waals surface area (Å²) in [7, 11) is 2.39. The van der Waals surface area contributed by atoms with Crippen LogP contribution in [0.1, 0.15) is 13.3 Å². The number of aliphatic imine (C=N–C) groups is 1. The summed E-state index contributed by atoms with van der Waals surface area (Å²) in [5, 5.41) is 0. The fourth-order valence-corrected chi connectivity index (χ4v) is 2.68. The minimum Gasteiger partial charge on any atom is -0.469 e. The number of rotatable bonds is 7. The zero-order valence-electron chi connectivity index (χ0n) is 13.3. The Bertz CT molecular complexity index is 421. The van der Waals surface area contributed by atoms with Crippen molar-refractivity contribution in [3.63, 3.8) is 0 Å². The summed E-state index contributed by atoms with van der Waals surface area (Å²) in [5.41, 5.74) is 0. The number of nitrogens with zero attached hydrogens (tertiary/aromatic N) is 1. The molecule has 0 spiro atoms. The molecular formula is C13H21NO6S2. The topological polar surface area (TPSA) is 91.3 Å². The summed E-state index contributed by atoms with van der Waals surface area (Å²) in [6.07, 6.45) is 3.28. The van der Waals surface area contributed by atoms with E-state index in [2.05, 4.69) is 14.5 Å². The Labute approximate surface area is 138 Å². The van der Waals surface area contributed by atoms with Gasteiger partial charge >= 0.3 is 17.9 Å². The third-order valence-electron chi connectivity index (χ3n) is 2.62. The van der Waals surface area contributed by atoms with Crippen molar-refractivity contribution in [2.45, 2.75) is 19.4 Å². The molecule has 0 aliphatic carbocycles. The quantitative estimate of drug-likeness (QED) is 0.294. The standard InChI is InChI=1S/C13H21NO6S2/c1-6-20-12(17)10(14-13(21-4)22-5)8(11(16)19-3)7-9(15)18-2/h8,10H,6-7H2,1-5H3/t8-,10+/m1/s1. The molecule has 0 aliphatic rings. The van der Waals surface area contributed by atoms with Crippen LogP contribution in [0.15, 0.2) is 4.99 Å². The highest BCUT2D eigenvalue weighted by Crippen LogP contribution is 2.21. The third-order valence-corrected chi connectivity index (χ3v) is 4.53. The average molecular weight is 351 g/mol. The molecule has 0 saturated heterocycles. The van der Waals surface area contributed by atoms with Gasteiger partial charge < -0.3 is 14.2 Å². The molecule has 0 aliphatic heterocycles. The summed E-state index contributed by atoms with van der Waals surface area (Å²) < 4.78 is 14.8. The van der Waals surface area contributed by atoms with Crippen LogP contribution >= 0.6 is 23.5 Å². The molecule has 0 aromatic carbocycles. The summed E-state index contributed by atoms with van der Waals surface area (Å²) in [5.74, 6) is -3.11. The fourth-order valence-electron chi connectivity index (χ4n) is 1.58. The number of hydrogen-bond donors (Lipinski definition) is 0. The minimum absolute atomic E-state index is 0.144. The second-order valence-electron chi connectivity index (χ2n) is 3.91. The first-order valence-electron chi connectivity index (χ1n) is 6.42. The minimum atomic E-state index is -1.15. The van der Waals surface area contributed by atoms with Crippen LogP contribution in [0.2, 0.25) is 0 Å². The maximum atomic E-state index is 12.1. The molecule has 0 saturated carbocycles. The van der Waals surface area contributed by atoms with E-state index >= 15 is 0 Å². The number of ether oxygens (including phenoxy) is 3. The van der Waals surface area contributed by atoms with Crippen LogP contribution in [-0.2, 0) is 28.6 Å². The van der Waals surface area contributed by atoms with Gasteiger partial charge in [0.1, 0.15) is 10.3 Å². The van der Waals surface area contributed by atoms with E-state index in [1.165, 1.54) is 37.7 Å². The van der Waals surface area contributed by atoms with E-state index in [-0.39, 0.29) is 13.0 Å². The molecule has 0 N–H and O–H groups in total. The average Bonchev–Trinajstić information content (AvgIpc) is 2.53. The molecular weight excluding hydrogens is 330 g/mol. The summed E-state index contributed by atoms with van der Waals surface area (Å²) in [4.78, 5) is 39.8. The van der Waals surface area contributed by atoms with Gasteiger partial charge in [0, 0.05) is 0 Å². The predicted octanol–water partition coefficient (Wildman–Crippen LogP) is 1.35. The fraction of sp³-hybridized carbons (Fsp3) is 0.692. The van der Waals surface area contributed by atoms with Crippen LogP contribution in [0, 0.1) is 5.92 Å². The first-order chi connectivity index (χ1) is 10.4. The van der Waals surface area contributed by atoms with E-state index in [0.29, 0.717) is 4.38 Å². The van der Waals surface area contributed by atoms with Crippen molar-refractivity contribution in [3.8, 4) is 0 Å². The Hall–Kier alpha value is -1.22. The van der Waals surface area contributed by atoms with Gasteiger partial charge in [0.15, 0.2) is 6.04 Å². The first-order valence-corrected chi connectivity index (χ1v) is 8.87. The lowest BCUT2D eigenvalue weighted by Gasteiger charge is -2.20. The smallest absolute Gasteiger partial charge is 0.331 e. The van der Waals surface area contributed by atoms with Crippen LogP contribution in [0.25, 0.3) is 0 Å². The lowest BCUT2D eigenvalue weighted by Crippen LogP contribution is -2.37. The lowest BCUT2D eigenvalue weighted by atomic mass is 9.96. The van der Waals surface area contributed by atoms with Gasteiger partial charge in [-0.1, -0.05) is 0 Å². The number of methoxy groups -OCH3 is 2. The van der Waals surface area contributed by atoms with Gasteiger partial charge in [0.2, 0.25) is 0 Å². The van der Waals surface area contributed by atoms with Crippen LogP contribution in [0.4, 0.5) is 0 Å². The highest BCUT2D eigenvalue weighted by Gasteiger charge is 2.38. The van der Waals surface area contributed by atoms with Crippen LogP contribution < -0.4 is 0 Å². The monoisotopic (exact) mass is 351 g/mol. The van der Waals surface area contributed by atoms with Crippen molar-refractivity contribution in [1.82, 2.24) is 0 Å². The van der Waals surface area contributed by atoms with E-state index in [1.54, 1.807) is 19.4 Å². The van der Waals surface area contributed by atoms with Crippen LogP contribution in [-0.4, -0.2) is 61.7 Å². The Kier molecular flexibility index (Phi) is 10.7. The number of carbonyl (C=O) groups is 3. The number of thioether (sulfide) groups is 2. The molecule has 22 heavy (non-hydrogen) atoms. The molecule has 0 fully saturated rings. The van der Waals surface area contributed by atoms with Crippen molar-refractivity contribution < 1.29 is 28.6 Å². The van der Waals surface area contributed by atoms with Crippen LogP contribution in [0.5, 0.6) is 0 Å². The van der Waals surface area contributed by atoms with E-state index in [1.807, 2.05) is 0 Å². The van der Waals surface area contributed by atoms with E-state index in [9.17, 15) is 14.4 Å². The maximum absolute atomic E-state index is 12.1. The van der Waals surface area contributed by atoms with Gasteiger partial charge in [-0.3, -0.25) is 14.6 Å². The Morgan fingerprint density at radius 2 is 1.64 bits per heavy atom. The molecule has 7 nitrogen and oxygen atoms in total. The zero-order chi connectivity index (χ0) is 17.1. The SMILES string of the molecule is CCOC(=O)[C@@H](N=C(SC)SC)[C@@H](CC(=O)OC)C(=O)OC. The van der Waals surface area contributed by atoms with E-state index in [0.717, 1.165) is 0 Å². The summed E-state index contributed by atoms with van der Waals surface area (Å²) in [6.45, 7) is 1.79. The number of hydrogen-bond acceptors (Lipinski definition) is 9. The summed E-state index contributed by atoms with van der Waals surface area (Å²) >= 11 is 2.66. The first kappa shape index (κ1) is 20.8. The van der Waals surface area contributed by atoms with Gasteiger partial charge in [0.25, 0.3) is 0 Å². The van der Waals surface area contributed by atoms with Gasteiger partial charge in [0.05, 0.1) is 27.2 Å². The summed E-state index contributed by atoms with van der Waals surface area (Å²) in [6, 6.07) is -1.15. The molecule has 0 amide bonds. The molecule has 0 rings (SSSR count). The predicted molar refractivity (Wildman–Crippen MR) is 87.0 cm³/mol. The van der Waals surface area contributed by atoms with Gasteiger partial charge in [-0.2, -0.15) is 0 Å². The molecule has 0 bridgehead atoms. The molecule has 0 radical (unpaired) electrons. The van der Waals surface area contributed by atoms with Gasteiger partial charge in [-0.15, -0.1) is 23.5 Å². The van der Waals surface area contributed by atoms with Crippen LogP contribution in [0.3, 0.4) is 0 Å². The van der Waals surface area contributed by atoms with Crippen molar-refractivity contribution >= 4 is 45.8 Å². The van der Waals surface area contributed by atoms with Gasteiger partial charge in [-0.25, -0.2) is 4.79 Å². The van der Waals surface area contributed by atoms with Gasteiger partial charge in [-0.05, 0) is 19.4 Å². The maximum Gasteiger partial charge on any atom is 0.331 e. The van der Waals surface area contributed by atoms with E-state index in [4.69, 9.17) is 4.74 Å². The molecule has 126 valence electrons. The van der Waals surface area contributed by atoms with Crippen molar-refractivity contribution in [2.24, 2.45) is 10.9 Å². The normalized spacial score (nSPS) is 12.8. The lowest BCUT2D eigenvalue weighted by molar-refractivity contribution is -0.158. The largest absolute Gasteiger partial charge is 0.469 e. The third kappa shape index (κ3) is 6.69. The Morgan fingerprint density at radius 3 is 2.05 bits per heavy atom. The van der Waals surface area contributed by atoms with Crippen molar-refractivity contribution in [2.75, 3.05) is 33.3 Å². The number of esters is 3. The van der Waals surface area contributed by atoms with E-state index < -0.39 is 29.9 Å². The highest BCUT2D eigenvalue weighted by molar-refractivity contribution is 8.38. The molecule has 0 aromatic heterocycles.